The van der Waals surface area contributed by atoms with Gasteiger partial charge in [-0.1, -0.05) is 17.7 Å². The number of carbonyl (C=O) groups excluding carboxylic acids is 3. The van der Waals surface area contributed by atoms with E-state index < -0.39 is 23.9 Å². The summed E-state index contributed by atoms with van der Waals surface area (Å²) < 4.78 is 10.5. The van der Waals surface area contributed by atoms with Gasteiger partial charge < -0.3 is 19.8 Å². The van der Waals surface area contributed by atoms with Gasteiger partial charge >= 0.3 is 11.9 Å². The van der Waals surface area contributed by atoms with E-state index in [2.05, 4.69) is 10.3 Å². The van der Waals surface area contributed by atoms with Gasteiger partial charge in [0, 0.05) is 11.4 Å². The molecule has 2 N–H and O–H groups in total. The summed E-state index contributed by atoms with van der Waals surface area (Å²) in [5.41, 5.74) is 3.05. The Hall–Kier alpha value is -3.09. The van der Waals surface area contributed by atoms with Gasteiger partial charge in [-0.2, -0.15) is 0 Å². The minimum atomic E-state index is -1.01. The molecular weight excluding hydrogens is 360 g/mol. The first-order valence-corrected chi connectivity index (χ1v) is 9.08. The highest BCUT2D eigenvalue weighted by atomic mass is 16.6. The third-order valence-corrected chi connectivity index (χ3v) is 4.16. The number of aromatic nitrogens is 1. The molecule has 0 aliphatic heterocycles. The number of carbonyl (C=O) groups is 3. The molecule has 1 aromatic carbocycles. The standard InChI is InChI=1S/C21H26N2O5/c1-11(2)27-20(25)17-13(4)18(22-14(17)5)21(26)28-15(6)19(24)23-16-9-7-12(3)8-10-16/h7-11,15,22H,1-6H3,(H,23,24)/t15-/m1/s1. The van der Waals surface area contributed by atoms with Crippen molar-refractivity contribution in [2.24, 2.45) is 0 Å². The van der Waals surface area contributed by atoms with Gasteiger partial charge in [0.25, 0.3) is 5.91 Å². The number of anilines is 1. The molecule has 1 atom stereocenters. The fourth-order valence-electron chi connectivity index (χ4n) is 2.69. The number of amides is 1. The molecule has 0 spiro atoms. The topological polar surface area (TPSA) is 97.5 Å². The van der Waals surface area contributed by atoms with Crippen molar-refractivity contribution in [3.63, 3.8) is 0 Å². The lowest BCUT2D eigenvalue weighted by atomic mass is 10.1. The molecule has 0 aliphatic rings. The zero-order valence-corrected chi connectivity index (χ0v) is 17.0. The molecule has 0 saturated carbocycles. The van der Waals surface area contributed by atoms with Gasteiger partial charge in [0.15, 0.2) is 6.10 Å². The fraction of sp³-hybridized carbons (Fsp3) is 0.381. The quantitative estimate of drug-likeness (QED) is 0.738. The third kappa shape index (κ3) is 5.00. The summed E-state index contributed by atoms with van der Waals surface area (Å²) in [6.07, 6.45) is -1.29. The molecule has 0 bridgehead atoms. The van der Waals surface area contributed by atoms with E-state index in [9.17, 15) is 14.4 Å². The van der Waals surface area contributed by atoms with Crippen LogP contribution in [-0.2, 0) is 14.3 Å². The molecule has 7 nitrogen and oxygen atoms in total. The number of H-pyrrole nitrogens is 1. The van der Waals surface area contributed by atoms with Crippen LogP contribution in [-0.4, -0.2) is 35.0 Å². The maximum atomic E-state index is 12.5. The van der Waals surface area contributed by atoms with Crippen molar-refractivity contribution < 1.29 is 23.9 Å². The van der Waals surface area contributed by atoms with Crippen molar-refractivity contribution >= 4 is 23.5 Å². The predicted octanol–water partition coefficient (Wildman–Crippen LogP) is 3.69. The normalized spacial score (nSPS) is 11.8. The second-order valence-corrected chi connectivity index (χ2v) is 6.98. The van der Waals surface area contributed by atoms with Crippen LogP contribution in [0.15, 0.2) is 24.3 Å². The Bertz CT molecular complexity index is 881. The fourth-order valence-corrected chi connectivity index (χ4v) is 2.69. The number of hydrogen-bond donors (Lipinski definition) is 2. The van der Waals surface area contributed by atoms with Gasteiger partial charge in [-0.3, -0.25) is 4.79 Å². The van der Waals surface area contributed by atoms with Crippen molar-refractivity contribution in [2.75, 3.05) is 5.32 Å². The number of rotatable bonds is 6. The largest absolute Gasteiger partial charge is 0.459 e. The molecule has 7 heteroatoms. The van der Waals surface area contributed by atoms with E-state index >= 15 is 0 Å². The molecule has 1 amide bonds. The van der Waals surface area contributed by atoms with E-state index in [1.165, 1.54) is 6.92 Å². The zero-order chi connectivity index (χ0) is 21.0. The number of aryl methyl sites for hydroxylation is 2. The van der Waals surface area contributed by atoms with Crippen molar-refractivity contribution in [1.82, 2.24) is 4.98 Å². The van der Waals surface area contributed by atoms with Crippen LogP contribution < -0.4 is 5.32 Å². The second kappa shape index (κ2) is 8.73. The average Bonchev–Trinajstić information content (AvgIpc) is 2.90. The molecule has 28 heavy (non-hydrogen) atoms. The molecule has 0 fully saturated rings. The Morgan fingerprint density at radius 3 is 2.11 bits per heavy atom. The van der Waals surface area contributed by atoms with Gasteiger partial charge in [0.1, 0.15) is 5.69 Å². The Morgan fingerprint density at radius 1 is 0.929 bits per heavy atom. The molecule has 0 aliphatic carbocycles. The van der Waals surface area contributed by atoms with Crippen LogP contribution >= 0.6 is 0 Å². The van der Waals surface area contributed by atoms with Crippen LogP contribution in [0.2, 0.25) is 0 Å². The average molecular weight is 386 g/mol. The molecule has 150 valence electrons. The summed E-state index contributed by atoms with van der Waals surface area (Å²) in [4.78, 5) is 39.9. The number of benzene rings is 1. The molecule has 0 unspecified atom stereocenters. The monoisotopic (exact) mass is 386 g/mol. The highest BCUT2D eigenvalue weighted by Gasteiger charge is 2.26. The Morgan fingerprint density at radius 2 is 1.54 bits per heavy atom. The second-order valence-electron chi connectivity index (χ2n) is 6.98. The van der Waals surface area contributed by atoms with Gasteiger partial charge in [0.05, 0.1) is 11.7 Å². The van der Waals surface area contributed by atoms with Crippen LogP contribution in [0.3, 0.4) is 0 Å². The first-order valence-electron chi connectivity index (χ1n) is 9.08. The van der Waals surface area contributed by atoms with Gasteiger partial charge in [-0.15, -0.1) is 0 Å². The van der Waals surface area contributed by atoms with E-state index in [0.717, 1.165) is 5.56 Å². The first kappa shape index (κ1) is 21.2. The lowest BCUT2D eigenvalue weighted by Crippen LogP contribution is -2.30. The minimum Gasteiger partial charge on any atom is -0.459 e. The summed E-state index contributed by atoms with van der Waals surface area (Å²) >= 11 is 0. The number of ether oxygens (including phenoxy) is 2. The smallest absolute Gasteiger partial charge is 0.355 e. The predicted molar refractivity (Wildman–Crippen MR) is 106 cm³/mol. The van der Waals surface area contributed by atoms with Crippen molar-refractivity contribution in [1.29, 1.82) is 0 Å². The highest BCUT2D eigenvalue weighted by molar-refractivity contribution is 6.00. The van der Waals surface area contributed by atoms with Crippen LogP contribution in [0.1, 0.15) is 58.4 Å². The summed E-state index contributed by atoms with van der Waals surface area (Å²) in [6.45, 7) is 10.2. The number of nitrogens with one attached hydrogen (secondary N) is 2. The number of esters is 2. The van der Waals surface area contributed by atoms with Crippen LogP contribution in [0.5, 0.6) is 0 Å². The van der Waals surface area contributed by atoms with Crippen LogP contribution in [0, 0.1) is 20.8 Å². The first-order chi connectivity index (χ1) is 13.1. The minimum absolute atomic E-state index is 0.128. The molecule has 2 rings (SSSR count). The molecule has 1 heterocycles. The zero-order valence-electron chi connectivity index (χ0n) is 17.0. The lowest BCUT2D eigenvalue weighted by Gasteiger charge is -2.13. The maximum Gasteiger partial charge on any atom is 0.355 e. The van der Waals surface area contributed by atoms with E-state index in [-0.39, 0.29) is 11.8 Å². The Balaban J connectivity index is 2.08. The van der Waals surface area contributed by atoms with E-state index in [4.69, 9.17) is 9.47 Å². The lowest BCUT2D eigenvalue weighted by molar-refractivity contribution is -0.123. The van der Waals surface area contributed by atoms with Gasteiger partial charge in [-0.05, 0) is 59.2 Å². The van der Waals surface area contributed by atoms with Gasteiger partial charge in [-0.25, -0.2) is 9.59 Å². The molecule has 2 aromatic rings. The molecule has 0 radical (unpaired) electrons. The summed E-state index contributed by atoms with van der Waals surface area (Å²) in [6, 6.07) is 7.28. The van der Waals surface area contributed by atoms with Crippen LogP contribution in [0.4, 0.5) is 5.69 Å². The van der Waals surface area contributed by atoms with Crippen LogP contribution in [0.25, 0.3) is 0 Å². The number of aromatic amines is 1. The Kier molecular flexibility index (Phi) is 6.62. The van der Waals surface area contributed by atoms with Gasteiger partial charge in [0.2, 0.25) is 0 Å². The van der Waals surface area contributed by atoms with E-state index in [1.54, 1.807) is 39.8 Å². The van der Waals surface area contributed by atoms with Crippen molar-refractivity contribution in [2.45, 2.75) is 53.8 Å². The Labute approximate surface area is 164 Å². The summed E-state index contributed by atoms with van der Waals surface area (Å²) in [5.74, 6) is -1.67. The summed E-state index contributed by atoms with van der Waals surface area (Å²) in [7, 11) is 0. The van der Waals surface area contributed by atoms with E-state index in [1.807, 2.05) is 19.1 Å². The maximum absolute atomic E-state index is 12.5. The SMILES string of the molecule is Cc1ccc(NC(=O)[C@@H](C)OC(=O)c2[nH]c(C)c(C(=O)OC(C)C)c2C)cc1. The highest BCUT2D eigenvalue weighted by Crippen LogP contribution is 2.21. The number of hydrogen-bond acceptors (Lipinski definition) is 5. The van der Waals surface area contributed by atoms with Crippen molar-refractivity contribution in [3.8, 4) is 0 Å². The summed E-state index contributed by atoms with van der Waals surface area (Å²) in [5, 5.41) is 2.70. The molecule has 0 saturated heterocycles. The molecule has 1 aromatic heterocycles. The van der Waals surface area contributed by atoms with Crippen molar-refractivity contribution in [3.05, 3.63) is 52.3 Å². The van der Waals surface area contributed by atoms with E-state index in [0.29, 0.717) is 22.5 Å². The molecular formula is C21H26N2O5. The third-order valence-electron chi connectivity index (χ3n) is 4.16.